The van der Waals surface area contributed by atoms with Crippen LogP contribution in [0.4, 0.5) is 8.78 Å². The van der Waals surface area contributed by atoms with Crippen LogP contribution in [0.25, 0.3) is 0 Å². The van der Waals surface area contributed by atoms with Gasteiger partial charge in [-0.25, -0.2) is 8.78 Å². The van der Waals surface area contributed by atoms with Crippen LogP contribution in [-0.4, -0.2) is 23.1 Å². The molecule has 2 aromatic carbocycles. The van der Waals surface area contributed by atoms with E-state index in [4.69, 9.17) is 4.74 Å². The molecule has 1 unspecified atom stereocenters. The lowest BCUT2D eigenvalue weighted by Gasteiger charge is -2.34. The molecule has 1 aliphatic heterocycles. The fourth-order valence-electron chi connectivity index (χ4n) is 2.47. The number of hydrogen-bond acceptors (Lipinski definition) is 4. The van der Waals surface area contributed by atoms with Crippen LogP contribution in [0.2, 0.25) is 0 Å². The minimum absolute atomic E-state index is 0.0643. The van der Waals surface area contributed by atoms with Gasteiger partial charge in [0.2, 0.25) is 5.78 Å². The summed E-state index contributed by atoms with van der Waals surface area (Å²) in [6.45, 7) is 0.318. The van der Waals surface area contributed by atoms with Crippen molar-refractivity contribution in [3.63, 3.8) is 0 Å². The molecule has 1 heterocycles. The maximum Gasteiger partial charge on any atom is 0.307 e. The molecule has 6 heteroatoms. The molecule has 4 nitrogen and oxygen atoms in total. The minimum atomic E-state index is -3.28. The summed E-state index contributed by atoms with van der Waals surface area (Å²) in [4.78, 5) is 12.5. The first kappa shape index (κ1) is 16.1. The SMILES string of the molecule is O=C1C(=CNCc2ccccc2)C(O)(C(F)F)Oc2ccccc21. The van der Waals surface area contributed by atoms with Crippen molar-refractivity contribution < 1.29 is 23.4 Å². The van der Waals surface area contributed by atoms with Crippen molar-refractivity contribution in [3.8, 4) is 5.75 Å². The van der Waals surface area contributed by atoms with E-state index in [2.05, 4.69) is 5.32 Å². The summed E-state index contributed by atoms with van der Waals surface area (Å²) >= 11 is 0. The van der Waals surface area contributed by atoms with Gasteiger partial charge < -0.3 is 15.2 Å². The zero-order chi connectivity index (χ0) is 17.2. The highest BCUT2D eigenvalue weighted by atomic mass is 19.3. The Labute approximate surface area is 137 Å². The number of rotatable bonds is 4. The van der Waals surface area contributed by atoms with Crippen LogP contribution < -0.4 is 10.1 Å². The van der Waals surface area contributed by atoms with E-state index < -0.39 is 23.6 Å². The predicted octanol–water partition coefficient (Wildman–Crippen LogP) is 2.89. The largest absolute Gasteiger partial charge is 0.451 e. The van der Waals surface area contributed by atoms with E-state index >= 15 is 0 Å². The molecular formula is C18H15F2NO3. The number of aliphatic hydroxyl groups is 1. The van der Waals surface area contributed by atoms with Crippen molar-refractivity contribution in [3.05, 3.63) is 77.5 Å². The third kappa shape index (κ3) is 2.88. The summed E-state index contributed by atoms with van der Waals surface area (Å²) in [5.41, 5.74) is 0.516. The average Bonchev–Trinajstić information content (AvgIpc) is 2.58. The van der Waals surface area contributed by atoms with Crippen molar-refractivity contribution in [1.82, 2.24) is 5.32 Å². The Kier molecular flexibility index (Phi) is 4.31. The number of para-hydroxylation sites is 1. The predicted molar refractivity (Wildman–Crippen MR) is 83.7 cm³/mol. The number of carbonyl (C=O) groups excluding carboxylic acids is 1. The van der Waals surface area contributed by atoms with Crippen molar-refractivity contribution in [2.75, 3.05) is 0 Å². The molecule has 0 saturated carbocycles. The lowest BCUT2D eigenvalue weighted by molar-refractivity contribution is -0.193. The standard InChI is InChI=1S/C18H15F2NO3/c19-17(20)18(23)14(11-21-10-12-6-2-1-3-7-12)16(22)13-8-4-5-9-15(13)24-18/h1-9,11,17,21,23H,10H2. The Morgan fingerprint density at radius 1 is 1.12 bits per heavy atom. The fraction of sp³-hybridized carbons (Fsp3) is 0.167. The molecule has 0 fully saturated rings. The maximum absolute atomic E-state index is 13.4. The zero-order valence-corrected chi connectivity index (χ0v) is 12.6. The highest BCUT2D eigenvalue weighted by molar-refractivity contribution is 6.12. The first-order chi connectivity index (χ1) is 11.5. The molecule has 0 amide bonds. The van der Waals surface area contributed by atoms with Crippen molar-refractivity contribution >= 4 is 5.78 Å². The highest BCUT2D eigenvalue weighted by Gasteiger charge is 2.51. The van der Waals surface area contributed by atoms with Crippen LogP contribution in [0.1, 0.15) is 15.9 Å². The molecule has 1 aliphatic rings. The third-order valence-electron chi connectivity index (χ3n) is 3.72. The molecule has 0 aliphatic carbocycles. The molecule has 24 heavy (non-hydrogen) atoms. The first-order valence-corrected chi connectivity index (χ1v) is 7.33. The Morgan fingerprint density at radius 2 is 1.79 bits per heavy atom. The lowest BCUT2D eigenvalue weighted by atomic mass is 9.93. The van der Waals surface area contributed by atoms with Crippen LogP contribution in [-0.2, 0) is 6.54 Å². The van der Waals surface area contributed by atoms with Crippen molar-refractivity contribution in [1.29, 1.82) is 0 Å². The van der Waals surface area contributed by atoms with Gasteiger partial charge >= 0.3 is 12.2 Å². The smallest absolute Gasteiger partial charge is 0.307 e. The summed E-state index contributed by atoms with van der Waals surface area (Å²) in [5, 5.41) is 13.0. The van der Waals surface area contributed by atoms with Crippen LogP contribution in [0.5, 0.6) is 5.75 Å². The number of fused-ring (bicyclic) bond motifs is 1. The van der Waals surface area contributed by atoms with Crippen molar-refractivity contribution in [2.24, 2.45) is 0 Å². The van der Waals surface area contributed by atoms with E-state index in [0.717, 1.165) is 11.8 Å². The molecular weight excluding hydrogens is 316 g/mol. The molecule has 0 aromatic heterocycles. The van der Waals surface area contributed by atoms with E-state index in [1.165, 1.54) is 12.1 Å². The second-order valence-corrected chi connectivity index (χ2v) is 5.35. The average molecular weight is 331 g/mol. The van der Waals surface area contributed by atoms with Gasteiger partial charge in [-0.3, -0.25) is 4.79 Å². The summed E-state index contributed by atoms with van der Waals surface area (Å²) in [6, 6.07) is 15.2. The van der Waals surface area contributed by atoms with Gasteiger partial charge in [-0.15, -0.1) is 0 Å². The number of halogens is 2. The second kappa shape index (κ2) is 6.41. The number of nitrogens with one attached hydrogen (secondary N) is 1. The molecule has 0 spiro atoms. The van der Waals surface area contributed by atoms with Gasteiger partial charge in [0.25, 0.3) is 0 Å². The molecule has 0 radical (unpaired) electrons. The normalized spacial score (nSPS) is 21.5. The molecule has 0 bridgehead atoms. The molecule has 1 atom stereocenters. The van der Waals surface area contributed by atoms with Crippen LogP contribution in [0, 0.1) is 0 Å². The van der Waals surface area contributed by atoms with Gasteiger partial charge in [-0.1, -0.05) is 42.5 Å². The maximum atomic E-state index is 13.4. The molecule has 124 valence electrons. The summed E-state index contributed by atoms with van der Waals surface area (Å²) in [7, 11) is 0. The number of ether oxygens (including phenoxy) is 1. The number of alkyl halides is 2. The van der Waals surface area contributed by atoms with E-state index in [0.29, 0.717) is 6.54 Å². The lowest BCUT2D eigenvalue weighted by Crippen LogP contribution is -2.50. The topological polar surface area (TPSA) is 58.6 Å². The number of carbonyl (C=O) groups is 1. The van der Waals surface area contributed by atoms with Gasteiger partial charge in [0, 0.05) is 12.7 Å². The first-order valence-electron chi connectivity index (χ1n) is 7.33. The monoisotopic (exact) mass is 331 g/mol. The molecule has 3 rings (SSSR count). The minimum Gasteiger partial charge on any atom is -0.451 e. The number of benzene rings is 2. The zero-order valence-electron chi connectivity index (χ0n) is 12.6. The summed E-state index contributed by atoms with van der Waals surface area (Å²) < 4.78 is 31.8. The Balaban J connectivity index is 1.91. The van der Waals surface area contributed by atoms with E-state index in [-0.39, 0.29) is 11.3 Å². The van der Waals surface area contributed by atoms with Gasteiger partial charge in [0.05, 0.1) is 11.1 Å². The third-order valence-corrected chi connectivity index (χ3v) is 3.72. The number of Topliss-reactive ketones (excluding diaryl/α,β-unsaturated/α-hetero) is 1. The molecule has 2 aromatic rings. The number of hydrogen-bond donors (Lipinski definition) is 2. The van der Waals surface area contributed by atoms with Gasteiger partial charge in [-0.05, 0) is 17.7 Å². The fourth-order valence-corrected chi connectivity index (χ4v) is 2.47. The Morgan fingerprint density at radius 3 is 2.50 bits per heavy atom. The van der Waals surface area contributed by atoms with E-state index in [9.17, 15) is 18.7 Å². The van der Waals surface area contributed by atoms with Crippen molar-refractivity contribution in [2.45, 2.75) is 18.8 Å². The van der Waals surface area contributed by atoms with Crippen LogP contribution in [0.15, 0.2) is 66.4 Å². The summed E-state index contributed by atoms with van der Waals surface area (Å²) in [6.07, 6.45) is -2.18. The molecule has 2 N–H and O–H groups in total. The Hall–Kier alpha value is -2.73. The molecule has 0 saturated heterocycles. The van der Waals surface area contributed by atoms with Gasteiger partial charge in [-0.2, -0.15) is 0 Å². The van der Waals surface area contributed by atoms with E-state index in [1.807, 2.05) is 30.3 Å². The second-order valence-electron chi connectivity index (χ2n) is 5.35. The Bertz CT molecular complexity index is 777. The summed E-state index contributed by atoms with van der Waals surface area (Å²) in [5.74, 6) is -3.74. The quantitative estimate of drug-likeness (QED) is 0.846. The van der Waals surface area contributed by atoms with Gasteiger partial charge in [0.1, 0.15) is 5.75 Å². The highest BCUT2D eigenvalue weighted by Crippen LogP contribution is 2.38. The number of ketones is 1. The van der Waals surface area contributed by atoms with Crippen LogP contribution in [0.3, 0.4) is 0 Å². The van der Waals surface area contributed by atoms with Crippen LogP contribution >= 0.6 is 0 Å². The van der Waals surface area contributed by atoms with Gasteiger partial charge in [0.15, 0.2) is 0 Å². The van der Waals surface area contributed by atoms with E-state index in [1.54, 1.807) is 12.1 Å².